The highest BCUT2D eigenvalue weighted by Gasteiger charge is 2.21. The predicted octanol–water partition coefficient (Wildman–Crippen LogP) is 0.197. The molecule has 0 radical (unpaired) electrons. The van der Waals surface area contributed by atoms with Crippen molar-refractivity contribution in [3.63, 3.8) is 0 Å². The molecule has 1 rings (SSSR count). The summed E-state index contributed by atoms with van der Waals surface area (Å²) in [6.07, 6.45) is 2.13. The second-order valence-corrected chi connectivity index (χ2v) is 5.87. The molecule has 0 aliphatic heterocycles. The van der Waals surface area contributed by atoms with Gasteiger partial charge in [0, 0.05) is 40.1 Å². The number of nitrogens with two attached hydrogens (primary N) is 1. The van der Waals surface area contributed by atoms with Gasteiger partial charge in [-0.25, -0.2) is 13.4 Å². The third kappa shape index (κ3) is 3.74. The number of sulfonamides is 1. The lowest BCUT2D eigenvalue weighted by molar-refractivity contribution is 0.189. The molecular weight excluding hydrogens is 254 g/mol. The molecule has 0 aliphatic carbocycles. The van der Waals surface area contributed by atoms with E-state index in [-0.39, 0.29) is 5.03 Å². The largest absolute Gasteiger partial charge is 0.385 e. The Labute approximate surface area is 108 Å². The van der Waals surface area contributed by atoms with Crippen molar-refractivity contribution in [2.24, 2.45) is 5.73 Å². The number of hydrogen-bond acceptors (Lipinski definition) is 5. The van der Waals surface area contributed by atoms with Gasteiger partial charge in [-0.3, -0.25) is 0 Å². The van der Waals surface area contributed by atoms with Gasteiger partial charge in [-0.1, -0.05) is 6.07 Å². The van der Waals surface area contributed by atoms with E-state index < -0.39 is 10.0 Å². The Balaban J connectivity index is 2.77. The molecule has 0 saturated heterocycles. The Hall–Kier alpha value is -1.02. The van der Waals surface area contributed by atoms with E-state index in [0.717, 1.165) is 5.56 Å². The number of methoxy groups -OCH3 is 1. The normalized spacial score (nSPS) is 12.0. The Bertz CT molecular complexity index is 459. The Kier molecular flexibility index (Phi) is 5.67. The van der Waals surface area contributed by atoms with Crippen molar-refractivity contribution < 1.29 is 13.2 Å². The lowest BCUT2D eigenvalue weighted by atomic mass is 10.3. The van der Waals surface area contributed by atoms with Gasteiger partial charge in [0.1, 0.15) is 0 Å². The van der Waals surface area contributed by atoms with Crippen molar-refractivity contribution in [3.8, 4) is 0 Å². The highest BCUT2D eigenvalue weighted by atomic mass is 32.2. The number of aromatic nitrogens is 1. The van der Waals surface area contributed by atoms with Crippen LogP contribution in [0, 0.1) is 0 Å². The summed E-state index contributed by atoms with van der Waals surface area (Å²) in [7, 11) is -0.402. The van der Waals surface area contributed by atoms with Gasteiger partial charge in [-0.2, -0.15) is 4.31 Å². The first-order valence-corrected chi connectivity index (χ1v) is 7.06. The minimum Gasteiger partial charge on any atom is -0.385 e. The first kappa shape index (κ1) is 15.0. The van der Waals surface area contributed by atoms with Gasteiger partial charge in [0.05, 0.1) is 0 Å². The van der Waals surface area contributed by atoms with Crippen LogP contribution in [0.3, 0.4) is 0 Å². The summed E-state index contributed by atoms with van der Waals surface area (Å²) in [4.78, 5) is 3.93. The highest BCUT2D eigenvalue weighted by molar-refractivity contribution is 7.89. The van der Waals surface area contributed by atoms with Gasteiger partial charge in [0.2, 0.25) is 0 Å². The van der Waals surface area contributed by atoms with Crippen LogP contribution in [0.15, 0.2) is 23.4 Å². The molecule has 6 nitrogen and oxygen atoms in total. The average molecular weight is 273 g/mol. The maximum absolute atomic E-state index is 12.1. The molecule has 0 fully saturated rings. The third-order valence-electron chi connectivity index (χ3n) is 2.53. The lowest BCUT2D eigenvalue weighted by Crippen LogP contribution is -2.29. The van der Waals surface area contributed by atoms with E-state index in [9.17, 15) is 8.42 Å². The minimum atomic E-state index is -3.52. The fourth-order valence-electron chi connectivity index (χ4n) is 1.40. The number of nitrogens with zero attached hydrogens (tertiary/aromatic N) is 2. The molecule has 1 heterocycles. The van der Waals surface area contributed by atoms with Crippen molar-refractivity contribution in [1.29, 1.82) is 0 Å². The van der Waals surface area contributed by atoms with Crippen LogP contribution in [0.5, 0.6) is 0 Å². The smallest absolute Gasteiger partial charge is 0.260 e. The van der Waals surface area contributed by atoms with Crippen LogP contribution in [0.2, 0.25) is 0 Å². The first-order valence-electron chi connectivity index (χ1n) is 5.62. The molecule has 0 amide bonds. The Morgan fingerprint density at radius 1 is 1.44 bits per heavy atom. The fourth-order valence-corrected chi connectivity index (χ4v) is 2.51. The van der Waals surface area contributed by atoms with Gasteiger partial charge in [0.25, 0.3) is 10.0 Å². The molecule has 102 valence electrons. The van der Waals surface area contributed by atoms with Crippen LogP contribution in [0.1, 0.15) is 12.0 Å². The van der Waals surface area contributed by atoms with E-state index in [1.165, 1.54) is 23.6 Å². The minimum absolute atomic E-state index is 0.0413. The van der Waals surface area contributed by atoms with E-state index in [0.29, 0.717) is 26.1 Å². The van der Waals surface area contributed by atoms with Crippen LogP contribution in [0.25, 0.3) is 0 Å². The predicted molar refractivity (Wildman–Crippen MR) is 68.4 cm³/mol. The molecule has 0 aromatic carbocycles. The monoisotopic (exact) mass is 273 g/mol. The summed E-state index contributed by atoms with van der Waals surface area (Å²) in [6.45, 7) is 1.27. The molecule has 7 heteroatoms. The molecule has 18 heavy (non-hydrogen) atoms. The molecular formula is C11H19N3O3S. The third-order valence-corrected chi connectivity index (χ3v) is 4.30. The summed E-state index contributed by atoms with van der Waals surface area (Å²) >= 11 is 0. The number of rotatable bonds is 7. The van der Waals surface area contributed by atoms with Crippen LogP contribution >= 0.6 is 0 Å². The molecule has 0 aliphatic rings. The SMILES string of the molecule is COCCCN(C)S(=O)(=O)c1ccc(CN)cn1. The maximum atomic E-state index is 12.1. The number of ether oxygens (including phenoxy) is 1. The zero-order valence-electron chi connectivity index (χ0n) is 10.7. The summed E-state index contributed by atoms with van der Waals surface area (Å²) in [5.74, 6) is 0. The summed E-state index contributed by atoms with van der Waals surface area (Å²) in [6, 6.07) is 3.15. The second-order valence-electron chi connectivity index (χ2n) is 3.88. The maximum Gasteiger partial charge on any atom is 0.260 e. The molecule has 0 atom stereocenters. The van der Waals surface area contributed by atoms with E-state index in [4.69, 9.17) is 10.5 Å². The van der Waals surface area contributed by atoms with Crippen LogP contribution in [0.4, 0.5) is 0 Å². The average Bonchev–Trinajstić information content (AvgIpc) is 2.39. The van der Waals surface area contributed by atoms with Gasteiger partial charge in [-0.05, 0) is 18.1 Å². The Morgan fingerprint density at radius 2 is 2.17 bits per heavy atom. The summed E-state index contributed by atoms with van der Waals surface area (Å²) < 4.78 is 30.4. The van der Waals surface area contributed by atoms with Crippen LogP contribution in [-0.4, -0.2) is 45.0 Å². The van der Waals surface area contributed by atoms with E-state index in [1.54, 1.807) is 13.2 Å². The van der Waals surface area contributed by atoms with Crippen LogP contribution < -0.4 is 5.73 Å². The molecule has 1 aromatic rings. The summed E-state index contributed by atoms with van der Waals surface area (Å²) in [5, 5.41) is 0.0413. The van der Waals surface area contributed by atoms with Crippen molar-refractivity contribution >= 4 is 10.0 Å². The van der Waals surface area contributed by atoms with Crippen LogP contribution in [-0.2, 0) is 21.3 Å². The lowest BCUT2D eigenvalue weighted by Gasteiger charge is -2.16. The topological polar surface area (TPSA) is 85.5 Å². The highest BCUT2D eigenvalue weighted by Crippen LogP contribution is 2.12. The number of hydrogen-bond donors (Lipinski definition) is 1. The molecule has 0 saturated carbocycles. The van der Waals surface area contributed by atoms with Gasteiger partial charge in [-0.15, -0.1) is 0 Å². The number of pyridine rings is 1. The zero-order valence-corrected chi connectivity index (χ0v) is 11.5. The van der Waals surface area contributed by atoms with Gasteiger partial charge in [0.15, 0.2) is 5.03 Å². The molecule has 0 unspecified atom stereocenters. The fraction of sp³-hybridized carbons (Fsp3) is 0.545. The molecule has 2 N–H and O–H groups in total. The standard InChI is InChI=1S/C11H19N3O3S/c1-14(6-3-7-17-2)18(15,16)11-5-4-10(8-12)9-13-11/h4-5,9H,3,6-8,12H2,1-2H3. The van der Waals surface area contributed by atoms with Crippen molar-refractivity contribution in [2.75, 3.05) is 27.3 Å². The van der Waals surface area contributed by atoms with E-state index >= 15 is 0 Å². The quantitative estimate of drug-likeness (QED) is 0.717. The van der Waals surface area contributed by atoms with Crippen molar-refractivity contribution in [2.45, 2.75) is 18.0 Å². The second kappa shape index (κ2) is 6.79. The van der Waals surface area contributed by atoms with Crippen molar-refractivity contribution in [3.05, 3.63) is 23.9 Å². The van der Waals surface area contributed by atoms with Gasteiger partial charge < -0.3 is 10.5 Å². The molecule has 0 spiro atoms. The van der Waals surface area contributed by atoms with Crippen molar-refractivity contribution in [1.82, 2.24) is 9.29 Å². The molecule has 0 bridgehead atoms. The van der Waals surface area contributed by atoms with E-state index in [1.807, 2.05) is 0 Å². The Morgan fingerprint density at radius 3 is 2.67 bits per heavy atom. The van der Waals surface area contributed by atoms with E-state index in [2.05, 4.69) is 4.98 Å². The van der Waals surface area contributed by atoms with Gasteiger partial charge >= 0.3 is 0 Å². The molecule has 1 aromatic heterocycles. The summed E-state index contributed by atoms with van der Waals surface area (Å²) in [5.41, 5.74) is 6.24. The zero-order chi connectivity index (χ0) is 13.6. The first-order chi connectivity index (χ1) is 8.52.